The number of aryl methyl sites for hydroxylation is 1. The number of hydrogen-bond donors (Lipinski definition) is 0. The summed E-state index contributed by atoms with van der Waals surface area (Å²) in [6.45, 7) is 5.30. The SMILES string of the molecule is CCCCCCn1ccc(C(=O)CCC)c1. The first-order valence-electron chi connectivity index (χ1n) is 6.47. The molecule has 1 aromatic heterocycles. The molecule has 0 radical (unpaired) electrons. The molecule has 1 aromatic rings. The minimum absolute atomic E-state index is 0.273. The fourth-order valence-electron chi connectivity index (χ4n) is 1.84. The summed E-state index contributed by atoms with van der Waals surface area (Å²) in [4.78, 5) is 11.6. The highest BCUT2D eigenvalue weighted by Gasteiger charge is 2.05. The van der Waals surface area contributed by atoms with Gasteiger partial charge in [0.2, 0.25) is 0 Å². The summed E-state index contributed by atoms with van der Waals surface area (Å²) in [6, 6.07) is 1.94. The molecule has 0 atom stereocenters. The number of rotatable bonds is 8. The van der Waals surface area contributed by atoms with E-state index in [4.69, 9.17) is 0 Å². The predicted molar refractivity (Wildman–Crippen MR) is 67.8 cm³/mol. The van der Waals surface area contributed by atoms with Gasteiger partial charge in [0.1, 0.15) is 0 Å². The molecule has 0 spiro atoms. The van der Waals surface area contributed by atoms with Gasteiger partial charge in [0.05, 0.1) is 0 Å². The lowest BCUT2D eigenvalue weighted by atomic mass is 10.1. The summed E-state index contributed by atoms with van der Waals surface area (Å²) in [6.07, 6.45) is 10.7. The molecule has 16 heavy (non-hydrogen) atoms. The fraction of sp³-hybridized carbons (Fsp3) is 0.643. The van der Waals surface area contributed by atoms with Crippen molar-refractivity contribution >= 4 is 5.78 Å². The lowest BCUT2D eigenvalue weighted by molar-refractivity contribution is 0.0981. The molecule has 1 rings (SSSR count). The van der Waals surface area contributed by atoms with Gasteiger partial charge in [-0.15, -0.1) is 0 Å². The molecule has 0 aliphatic rings. The predicted octanol–water partition coefficient (Wildman–Crippen LogP) is 4.05. The van der Waals surface area contributed by atoms with E-state index in [1.54, 1.807) is 0 Å². The van der Waals surface area contributed by atoms with Crippen molar-refractivity contribution in [1.29, 1.82) is 0 Å². The second-order valence-corrected chi connectivity index (χ2v) is 4.37. The van der Waals surface area contributed by atoms with Gasteiger partial charge < -0.3 is 4.57 Å². The number of aromatic nitrogens is 1. The molecule has 0 bridgehead atoms. The highest BCUT2D eigenvalue weighted by Crippen LogP contribution is 2.08. The Kier molecular flexibility index (Phi) is 5.91. The number of Topliss-reactive ketones (excluding diaryl/α,β-unsaturated/α-hetero) is 1. The van der Waals surface area contributed by atoms with Crippen LogP contribution in [0.3, 0.4) is 0 Å². The first-order chi connectivity index (χ1) is 7.77. The largest absolute Gasteiger partial charge is 0.354 e. The first-order valence-corrected chi connectivity index (χ1v) is 6.47. The molecular formula is C14H23NO. The molecule has 0 fully saturated rings. The molecule has 0 saturated heterocycles. The van der Waals surface area contributed by atoms with Crippen LogP contribution in [0.5, 0.6) is 0 Å². The third-order valence-electron chi connectivity index (χ3n) is 2.82. The molecular weight excluding hydrogens is 198 g/mol. The topological polar surface area (TPSA) is 22.0 Å². The van der Waals surface area contributed by atoms with Gasteiger partial charge in [-0.05, 0) is 18.9 Å². The Morgan fingerprint density at radius 1 is 1.19 bits per heavy atom. The fourth-order valence-corrected chi connectivity index (χ4v) is 1.84. The van der Waals surface area contributed by atoms with Gasteiger partial charge in [-0.2, -0.15) is 0 Å². The number of unbranched alkanes of at least 4 members (excludes halogenated alkanes) is 3. The Labute approximate surface area is 98.7 Å². The highest BCUT2D eigenvalue weighted by molar-refractivity contribution is 5.95. The Morgan fingerprint density at radius 2 is 2.00 bits per heavy atom. The monoisotopic (exact) mass is 221 g/mol. The van der Waals surface area contributed by atoms with E-state index in [1.807, 2.05) is 25.4 Å². The molecule has 0 aromatic carbocycles. The van der Waals surface area contributed by atoms with Crippen LogP contribution in [0.2, 0.25) is 0 Å². The number of carbonyl (C=O) groups is 1. The van der Waals surface area contributed by atoms with Crippen LogP contribution >= 0.6 is 0 Å². The van der Waals surface area contributed by atoms with Crippen molar-refractivity contribution in [3.63, 3.8) is 0 Å². The zero-order chi connectivity index (χ0) is 11.8. The van der Waals surface area contributed by atoms with Gasteiger partial charge in [0.15, 0.2) is 5.78 Å². The quantitative estimate of drug-likeness (QED) is 0.479. The van der Waals surface area contributed by atoms with Crippen LogP contribution in [0.4, 0.5) is 0 Å². The van der Waals surface area contributed by atoms with E-state index >= 15 is 0 Å². The Hall–Kier alpha value is -1.05. The number of hydrogen-bond acceptors (Lipinski definition) is 1. The smallest absolute Gasteiger partial charge is 0.164 e. The van der Waals surface area contributed by atoms with Gasteiger partial charge in [-0.3, -0.25) is 4.79 Å². The number of carbonyl (C=O) groups excluding carboxylic acids is 1. The van der Waals surface area contributed by atoms with E-state index in [-0.39, 0.29) is 5.78 Å². The maximum Gasteiger partial charge on any atom is 0.164 e. The lowest BCUT2D eigenvalue weighted by Crippen LogP contribution is -1.98. The second-order valence-electron chi connectivity index (χ2n) is 4.37. The molecule has 0 saturated carbocycles. The number of ketones is 1. The van der Waals surface area contributed by atoms with Crippen molar-refractivity contribution in [2.45, 2.75) is 58.9 Å². The van der Waals surface area contributed by atoms with Gasteiger partial charge in [-0.25, -0.2) is 0 Å². The van der Waals surface area contributed by atoms with Crippen LogP contribution in [-0.4, -0.2) is 10.4 Å². The van der Waals surface area contributed by atoms with Crippen LogP contribution in [0, 0.1) is 0 Å². The number of nitrogens with zero attached hydrogens (tertiary/aromatic N) is 1. The maximum absolute atomic E-state index is 11.6. The molecule has 0 N–H and O–H groups in total. The van der Waals surface area contributed by atoms with Crippen molar-refractivity contribution < 1.29 is 4.79 Å². The van der Waals surface area contributed by atoms with Crippen LogP contribution < -0.4 is 0 Å². The van der Waals surface area contributed by atoms with E-state index in [9.17, 15) is 4.79 Å². The van der Waals surface area contributed by atoms with Crippen LogP contribution in [0.1, 0.15) is 62.7 Å². The zero-order valence-corrected chi connectivity index (χ0v) is 10.5. The van der Waals surface area contributed by atoms with Crippen LogP contribution in [0.15, 0.2) is 18.5 Å². The normalized spacial score (nSPS) is 10.6. The Morgan fingerprint density at radius 3 is 2.69 bits per heavy atom. The van der Waals surface area contributed by atoms with Gasteiger partial charge in [-0.1, -0.05) is 33.1 Å². The molecule has 0 unspecified atom stereocenters. The average molecular weight is 221 g/mol. The Balaban J connectivity index is 2.36. The summed E-state index contributed by atoms with van der Waals surface area (Å²) in [5.41, 5.74) is 0.873. The average Bonchev–Trinajstić information content (AvgIpc) is 2.73. The third kappa shape index (κ3) is 4.21. The third-order valence-corrected chi connectivity index (χ3v) is 2.82. The van der Waals surface area contributed by atoms with E-state index < -0.39 is 0 Å². The van der Waals surface area contributed by atoms with Crippen molar-refractivity contribution in [3.05, 3.63) is 24.0 Å². The molecule has 1 heterocycles. The molecule has 2 heteroatoms. The molecule has 90 valence electrons. The lowest BCUT2D eigenvalue weighted by Gasteiger charge is -2.01. The summed E-state index contributed by atoms with van der Waals surface area (Å²) < 4.78 is 2.14. The first kappa shape index (κ1) is 13.0. The summed E-state index contributed by atoms with van der Waals surface area (Å²) in [5.74, 6) is 0.273. The molecule has 0 aliphatic heterocycles. The molecule has 0 amide bonds. The van der Waals surface area contributed by atoms with E-state index in [0.717, 1.165) is 18.5 Å². The van der Waals surface area contributed by atoms with E-state index in [2.05, 4.69) is 11.5 Å². The van der Waals surface area contributed by atoms with E-state index in [0.29, 0.717) is 6.42 Å². The minimum Gasteiger partial charge on any atom is -0.354 e. The Bertz CT molecular complexity index is 314. The van der Waals surface area contributed by atoms with Crippen LogP contribution in [-0.2, 0) is 6.54 Å². The zero-order valence-electron chi connectivity index (χ0n) is 10.5. The summed E-state index contributed by atoms with van der Waals surface area (Å²) >= 11 is 0. The van der Waals surface area contributed by atoms with Crippen LogP contribution in [0.25, 0.3) is 0 Å². The van der Waals surface area contributed by atoms with Crippen molar-refractivity contribution in [2.24, 2.45) is 0 Å². The van der Waals surface area contributed by atoms with Crippen molar-refractivity contribution in [1.82, 2.24) is 4.57 Å². The van der Waals surface area contributed by atoms with Gasteiger partial charge in [0, 0.05) is 30.9 Å². The second kappa shape index (κ2) is 7.26. The van der Waals surface area contributed by atoms with Crippen molar-refractivity contribution in [3.8, 4) is 0 Å². The highest BCUT2D eigenvalue weighted by atomic mass is 16.1. The summed E-state index contributed by atoms with van der Waals surface area (Å²) in [5, 5.41) is 0. The summed E-state index contributed by atoms with van der Waals surface area (Å²) in [7, 11) is 0. The molecule has 0 aliphatic carbocycles. The maximum atomic E-state index is 11.6. The standard InChI is InChI=1S/C14H23NO/c1-3-5-6-7-10-15-11-9-13(12-15)14(16)8-4-2/h9,11-12H,3-8,10H2,1-2H3. The van der Waals surface area contributed by atoms with Crippen molar-refractivity contribution in [2.75, 3.05) is 0 Å². The molecule has 2 nitrogen and oxygen atoms in total. The minimum atomic E-state index is 0.273. The van der Waals surface area contributed by atoms with Gasteiger partial charge >= 0.3 is 0 Å². The van der Waals surface area contributed by atoms with Gasteiger partial charge in [0.25, 0.3) is 0 Å². The van der Waals surface area contributed by atoms with E-state index in [1.165, 1.54) is 25.7 Å².